The maximum absolute atomic E-state index is 12.3. The number of benzene rings is 1. The van der Waals surface area contributed by atoms with Gasteiger partial charge in [-0.1, -0.05) is 6.07 Å². The molecule has 116 valence electrons. The van der Waals surface area contributed by atoms with Crippen molar-refractivity contribution < 1.29 is 17.9 Å². The summed E-state index contributed by atoms with van der Waals surface area (Å²) in [5.41, 5.74) is 0.873. The Morgan fingerprint density at radius 1 is 1.29 bits per heavy atom. The second-order valence-electron chi connectivity index (χ2n) is 4.28. The Morgan fingerprint density at radius 2 is 1.90 bits per heavy atom. The van der Waals surface area contributed by atoms with E-state index in [2.05, 4.69) is 4.72 Å². The number of aryl methyl sites for hydroxylation is 1. The van der Waals surface area contributed by atoms with Crippen LogP contribution in [0.15, 0.2) is 23.1 Å². The first-order valence-corrected chi connectivity index (χ1v) is 8.16. The first-order valence-electron chi connectivity index (χ1n) is 6.68. The Kier molecular flexibility index (Phi) is 6.78. The van der Waals surface area contributed by atoms with E-state index in [0.29, 0.717) is 24.3 Å². The lowest BCUT2D eigenvalue weighted by atomic mass is 10.2. The fraction of sp³-hybridized carbons (Fsp3) is 0.500. The monoisotopic (exact) mass is 312 g/mol. The van der Waals surface area contributed by atoms with Crippen LogP contribution >= 0.6 is 0 Å². The van der Waals surface area contributed by atoms with Crippen LogP contribution in [-0.4, -0.2) is 34.5 Å². The highest BCUT2D eigenvalue weighted by Crippen LogP contribution is 2.16. The molecule has 0 atom stereocenters. The number of nitrogens with one attached hydrogen (secondary N) is 1. The van der Waals surface area contributed by atoms with E-state index < -0.39 is 16.3 Å². The van der Waals surface area contributed by atoms with Gasteiger partial charge in [0.1, 0.15) is 0 Å². The molecule has 0 aliphatic heterocycles. The smallest absolute Gasteiger partial charge is 0.241 e. The van der Waals surface area contributed by atoms with Gasteiger partial charge >= 0.3 is 0 Å². The quantitative estimate of drug-likeness (QED) is 0.736. The predicted octanol–water partition coefficient (Wildman–Crippen LogP) is 1.54. The predicted molar refractivity (Wildman–Crippen MR) is 78.1 cm³/mol. The number of hydrogen-bond donors (Lipinski definition) is 1. The molecular formula is C14H20N2O4S. The van der Waals surface area contributed by atoms with Crippen molar-refractivity contribution in [2.45, 2.75) is 32.0 Å². The lowest BCUT2D eigenvalue weighted by Gasteiger charge is -2.18. The van der Waals surface area contributed by atoms with Crippen LogP contribution in [0.5, 0.6) is 0 Å². The van der Waals surface area contributed by atoms with Crippen LogP contribution in [0.25, 0.3) is 0 Å². The van der Waals surface area contributed by atoms with Gasteiger partial charge in [-0.15, -0.1) is 0 Å². The highest BCUT2D eigenvalue weighted by molar-refractivity contribution is 7.89. The Bertz CT molecular complexity index is 602. The van der Waals surface area contributed by atoms with Crippen molar-refractivity contribution in [1.82, 2.24) is 4.72 Å². The van der Waals surface area contributed by atoms with Crippen LogP contribution in [0, 0.1) is 18.3 Å². The van der Waals surface area contributed by atoms with Crippen molar-refractivity contribution in [2.24, 2.45) is 0 Å². The van der Waals surface area contributed by atoms with Crippen LogP contribution in [0.3, 0.4) is 0 Å². The summed E-state index contributed by atoms with van der Waals surface area (Å²) in [6.07, 6.45) is -0.630. The standard InChI is InChI=1S/C14H20N2O4S/c1-4-19-14(20-5-2)10-16-21(17,18)13-8-12(9-15)7-6-11(13)3/h6-8,14,16H,4-5,10H2,1-3H3. The van der Waals surface area contributed by atoms with Gasteiger partial charge in [0.2, 0.25) is 10.0 Å². The summed E-state index contributed by atoms with van der Waals surface area (Å²) in [7, 11) is -3.72. The molecule has 0 spiro atoms. The SMILES string of the molecule is CCOC(CNS(=O)(=O)c1cc(C#N)ccc1C)OCC. The zero-order chi connectivity index (χ0) is 15.9. The van der Waals surface area contributed by atoms with Crippen molar-refractivity contribution in [1.29, 1.82) is 5.26 Å². The molecule has 21 heavy (non-hydrogen) atoms. The summed E-state index contributed by atoms with van der Waals surface area (Å²) in [6, 6.07) is 6.47. The van der Waals surface area contributed by atoms with Crippen molar-refractivity contribution in [3.05, 3.63) is 29.3 Å². The van der Waals surface area contributed by atoms with Gasteiger partial charge in [-0.05, 0) is 38.5 Å². The topological polar surface area (TPSA) is 88.4 Å². The highest BCUT2D eigenvalue weighted by Gasteiger charge is 2.19. The third-order valence-corrected chi connectivity index (χ3v) is 4.32. The summed E-state index contributed by atoms with van der Waals surface area (Å²) in [6.45, 7) is 6.16. The van der Waals surface area contributed by atoms with Crippen molar-refractivity contribution in [3.63, 3.8) is 0 Å². The molecule has 6 nitrogen and oxygen atoms in total. The van der Waals surface area contributed by atoms with Crippen molar-refractivity contribution in [3.8, 4) is 6.07 Å². The second-order valence-corrected chi connectivity index (χ2v) is 6.02. The summed E-state index contributed by atoms with van der Waals surface area (Å²) < 4.78 is 37.6. The maximum atomic E-state index is 12.3. The summed E-state index contributed by atoms with van der Waals surface area (Å²) >= 11 is 0. The lowest BCUT2D eigenvalue weighted by Crippen LogP contribution is -2.35. The average molecular weight is 312 g/mol. The molecule has 0 saturated heterocycles. The first kappa shape index (κ1) is 17.6. The Hall–Kier alpha value is -1.46. The van der Waals surface area contributed by atoms with E-state index in [0.717, 1.165) is 0 Å². The molecule has 7 heteroatoms. The van der Waals surface area contributed by atoms with Gasteiger partial charge in [-0.25, -0.2) is 13.1 Å². The van der Waals surface area contributed by atoms with E-state index in [1.165, 1.54) is 6.07 Å². The van der Waals surface area contributed by atoms with Crippen LogP contribution in [0.1, 0.15) is 25.0 Å². The molecule has 0 amide bonds. The molecule has 0 radical (unpaired) electrons. The van der Waals surface area contributed by atoms with E-state index in [9.17, 15) is 8.42 Å². The molecule has 0 heterocycles. The van der Waals surface area contributed by atoms with E-state index in [1.807, 2.05) is 6.07 Å². The number of ether oxygens (including phenoxy) is 2. The number of rotatable bonds is 8. The van der Waals surface area contributed by atoms with Crippen molar-refractivity contribution in [2.75, 3.05) is 19.8 Å². The summed E-state index contributed by atoms with van der Waals surface area (Å²) in [5.74, 6) is 0. The Morgan fingerprint density at radius 3 is 2.43 bits per heavy atom. The van der Waals surface area contributed by atoms with Gasteiger partial charge in [0.05, 0.1) is 23.1 Å². The first-order chi connectivity index (χ1) is 9.94. The molecule has 0 fully saturated rings. The second kappa shape index (κ2) is 8.10. The van der Waals surface area contributed by atoms with Gasteiger partial charge in [-0.2, -0.15) is 5.26 Å². The maximum Gasteiger partial charge on any atom is 0.241 e. The average Bonchev–Trinajstić information content (AvgIpc) is 2.45. The number of nitrogens with zero attached hydrogens (tertiary/aromatic N) is 1. The minimum atomic E-state index is -3.72. The van der Waals surface area contributed by atoms with Crippen LogP contribution in [0.2, 0.25) is 0 Å². The fourth-order valence-electron chi connectivity index (χ4n) is 1.75. The van der Waals surface area contributed by atoms with Crippen LogP contribution in [-0.2, 0) is 19.5 Å². The molecule has 1 N–H and O–H groups in total. The number of hydrogen-bond acceptors (Lipinski definition) is 5. The molecule has 1 aromatic carbocycles. The lowest BCUT2D eigenvalue weighted by molar-refractivity contribution is -0.130. The molecule has 1 aromatic rings. The van der Waals surface area contributed by atoms with Gasteiger partial charge in [0.15, 0.2) is 6.29 Å². The zero-order valence-electron chi connectivity index (χ0n) is 12.4. The van der Waals surface area contributed by atoms with E-state index in [-0.39, 0.29) is 11.4 Å². The van der Waals surface area contributed by atoms with Gasteiger partial charge in [0, 0.05) is 13.2 Å². The largest absolute Gasteiger partial charge is 0.352 e. The van der Waals surface area contributed by atoms with Crippen molar-refractivity contribution >= 4 is 10.0 Å². The van der Waals surface area contributed by atoms with Gasteiger partial charge < -0.3 is 9.47 Å². The zero-order valence-corrected chi connectivity index (χ0v) is 13.2. The van der Waals surface area contributed by atoms with E-state index in [1.54, 1.807) is 32.9 Å². The summed E-state index contributed by atoms with van der Waals surface area (Å²) in [4.78, 5) is 0.0910. The molecule has 0 saturated carbocycles. The Balaban J connectivity index is 2.89. The van der Waals surface area contributed by atoms with Gasteiger partial charge in [-0.3, -0.25) is 0 Å². The molecule has 0 bridgehead atoms. The summed E-state index contributed by atoms with van der Waals surface area (Å²) in [5, 5.41) is 8.87. The number of nitriles is 1. The molecular weight excluding hydrogens is 292 g/mol. The third kappa shape index (κ3) is 5.10. The molecule has 1 rings (SSSR count). The van der Waals surface area contributed by atoms with E-state index in [4.69, 9.17) is 14.7 Å². The fourth-order valence-corrected chi connectivity index (χ4v) is 3.04. The van der Waals surface area contributed by atoms with Gasteiger partial charge in [0.25, 0.3) is 0 Å². The van der Waals surface area contributed by atoms with Crippen LogP contribution in [0.4, 0.5) is 0 Å². The normalized spacial score (nSPS) is 11.6. The van der Waals surface area contributed by atoms with E-state index >= 15 is 0 Å². The Labute approximate surface area is 125 Å². The molecule has 0 unspecified atom stereocenters. The highest BCUT2D eigenvalue weighted by atomic mass is 32.2. The third-order valence-electron chi connectivity index (χ3n) is 2.75. The molecule has 0 aromatic heterocycles. The minimum Gasteiger partial charge on any atom is -0.352 e. The number of sulfonamides is 1. The van der Waals surface area contributed by atoms with Crippen LogP contribution < -0.4 is 4.72 Å². The minimum absolute atomic E-state index is 0.0141. The molecule has 0 aliphatic rings. The molecule has 0 aliphatic carbocycles.